The maximum absolute atomic E-state index is 13.7. The van der Waals surface area contributed by atoms with E-state index in [9.17, 15) is 9.50 Å². The van der Waals surface area contributed by atoms with Crippen molar-refractivity contribution in [3.05, 3.63) is 34.6 Å². The van der Waals surface area contributed by atoms with E-state index in [0.717, 1.165) is 11.1 Å². The predicted octanol–water partition coefficient (Wildman–Crippen LogP) is 3.56. The first-order chi connectivity index (χ1) is 6.97. The highest BCUT2D eigenvalue weighted by molar-refractivity contribution is 5.36. The second kappa shape index (κ2) is 4.75. The molecular weight excluding hydrogens is 191 g/mol. The molecule has 1 aromatic rings. The first-order valence-corrected chi connectivity index (χ1v) is 5.40. The lowest BCUT2D eigenvalue weighted by Crippen LogP contribution is -2.02. The Morgan fingerprint density at radius 3 is 2.00 bits per heavy atom. The summed E-state index contributed by atoms with van der Waals surface area (Å²) in [6.07, 6.45) is 0. The summed E-state index contributed by atoms with van der Waals surface area (Å²) in [5, 5.41) is 9.24. The van der Waals surface area contributed by atoms with Crippen molar-refractivity contribution in [2.45, 2.75) is 46.1 Å². The summed E-state index contributed by atoms with van der Waals surface area (Å²) in [4.78, 5) is 0. The van der Waals surface area contributed by atoms with Gasteiger partial charge in [0.1, 0.15) is 5.82 Å². The maximum Gasteiger partial charge on any atom is 0.126 e. The van der Waals surface area contributed by atoms with Crippen molar-refractivity contribution in [1.29, 1.82) is 0 Å². The minimum Gasteiger partial charge on any atom is -0.392 e. The van der Waals surface area contributed by atoms with E-state index in [-0.39, 0.29) is 24.3 Å². The smallest absolute Gasteiger partial charge is 0.126 e. The molecule has 0 fully saturated rings. The van der Waals surface area contributed by atoms with E-state index in [4.69, 9.17) is 0 Å². The van der Waals surface area contributed by atoms with Crippen LogP contribution in [0.1, 0.15) is 56.2 Å². The van der Waals surface area contributed by atoms with Gasteiger partial charge in [-0.3, -0.25) is 0 Å². The zero-order chi connectivity index (χ0) is 11.6. The van der Waals surface area contributed by atoms with Gasteiger partial charge in [-0.15, -0.1) is 0 Å². The van der Waals surface area contributed by atoms with Crippen LogP contribution in [0.4, 0.5) is 4.39 Å². The van der Waals surface area contributed by atoms with Crippen LogP contribution in [0, 0.1) is 5.82 Å². The van der Waals surface area contributed by atoms with E-state index in [1.54, 1.807) is 12.1 Å². The van der Waals surface area contributed by atoms with Crippen molar-refractivity contribution < 1.29 is 9.50 Å². The Hall–Kier alpha value is -0.890. The number of halogens is 1. The zero-order valence-electron chi connectivity index (χ0n) is 9.84. The monoisotopic (exact) mass is 210 g/mol. The molecule has 1 rings (SSSR count). The fraction of sp³-hybridized carbons (Fsp3) is 0.538. The lowest BCUT2D eigenvalue weighted by atomic mass is 9.92. The van der Waals surface area contributed by atoms with Crippen LogP contribution < -0.4 is 0 Å². The number of aliphatic hydroxyl groups excluding tert-OH is 1. The summed E-state index contributed by atoms with van der Waals surface area (Å²) in [7, 11) is 0. The Labute approximate surface area is 90.9 Å². The van der Waals surface area contributed by atoms with Crippen LogP contribution in [0.3, 0.4) is 0 Å². The van der Waals surface area contributed by atoms with Gasteiger partial charge in [-0.1, -0.05) is 33.8 Å². The molecule has 0 amide bonds. The fourth-order valence-corrected chi connectivity index (χ4v) is 1.77. The average Bonchev–Trinajstić information content (AvgIpc) is 2.16. The standard InChI is InChI=1S/C13H19FO/c1-8(2)11-6-13(14)12(9(3)4)5-10(11)7-15/h5-6,8-9,15H,7H2,1-4H3. The fourth-order valence-electron chi connectivity index (χ4n) is 1.77. The number of benzene rings is 1. The van der Waals surface area contributed by atoms with E-state index in [2.05, 4.69) is 0 Å². The molecule has 0 aromatic heterocycles. The molecule has 0 spiro atoms. The van der Waals surface area contributed by atoms with Gasteiger partial charge in [0.15, 0.2) is 0 Å². The van der Waals surface area contributed by atoms with Crippen molar-refractivity contribution in [3.63, 3.8) is 0 Å². The Balaban J connectivity index is 3.29. The third-order valence-corrected chi connectivity index (χ3v) is 2.67. The van der Waals surface area contributed by atoms with Crippen molar-refractivity contribution in [2.24, 2.45) is 0 Å². The van der Waals surface area contributed by atoms with Gasteiger partial charge in [0.05, 0.1) is 6.61 Å². The molecule has 84 valence electrons. The predicted molar refractivity (Wildman–Crippen MR) is 60.5 cm³/mol. The second-order valence-corrected chi connectivity index (χ2v) is 4.54. The van der Waals surface area contributed by atoms with E-state index in [1.165, 1.54) is 0 Å². The summed E-state index contributed by atoms with van der Waals surface area (Å²) in [5.74, 6) is 0.227. The SMILES string of the molecule is CC(C)c1cc(CO)c(C(C)C)cc1F. The Kier molecular flexibility index (Phi) is 3.86. The number of hydrogen-bond donors (Lipinski definition) is 1. The molecule has 0 bridgehead atoms. The molecule has 2 heteroatoms. The van der Waals surface area contributed by atoms with Crippen LogP contribution >= 0.6 is 0 Å². The summed E-state index contributed by atoms with van der Waals surface area (Å²) in [6.45, 7) is 7.89. The summed E-state index contributed by atoms with van der Waals surface area (Å²) < 4.78 is 13.7. The van der Waals surface area contributed by atoms with Gasteiger partial charge < -0.3 is 5.11 Å². The minimum atomic E-state index is -0.161. The highest BCUT2D eigenvalue weighted by atomic mass is 19.1. The Morgan fingerprint density at radius 1 is 1.07 bits per heavy atom. The third-order valence-electron chi connectivity index (χ3n) is 2.67. The highest BCUT2D eigenvalue weighted by Gasteiger charge is 2.13. The van der Waals surface area contributed by atoms with Gasteiger partial charge in [-0.05, 0) is 34.6 Å². The largest absolute Gasteiger partial charge is 0.392 e. The molecular formula is C13H19FO. The van der Waals surface area contributed by atoms with Gasteiger partial charge >= 0.3 is 0 Å². The van der Waals surface area contributed by atoms with Gasteiger partial charge in [0.2, 0.25) is 0 Å². The van der Waals surface area contributed by atoms with Crippen molar-refractivity contribution in [1.82, 2.24) is 0 Å². The van der Waals surface area contributed by atoms with Crippen LogP contribution in [-0.4, -0.2) is 5.11 Å². The molecule has 0 radical (unpaired) electrons. The molecule has 0 atom stereocenters. The van der Waals surface area contributed by atoms with Crippen LogP contribution in [0.5, 0.6) is 0 Å². The quantitative estimate of drug-likeness (QED) is 0.808. The summed E-state index contributed by atoms with van der Waals surface area (Å²) in [5.41, 5.74) is 2.43. The van der Waals surface area contributed by atoms with Gasteiger partial charge in [0.25, 0.3) is 0 Å². The van der Waals surface area contributed by atoms with Gasteiger partial charge in [-0.2, -0.15) is 0 Å². The first kappa shape index (κ1) is 12.2. The molecule has 0 saturated carbocycles. The number of rotatable bonds is 3. The van der Waals surface area contributed by atoms with Crippen LogP contribution in [0.2, 0.25) is 0 Å². The topological polar surface area (TPSA) is 20.2 Å². The number of aliphatic hydroxyl groups is 1. The van der Waals surface area contributed by atoms with Crippen LogP contribution in [-0.2, 0) is 6.61 Å². The van der Waals surface area contributed by atoms with E-state index < -0.39 is 0 Å². The highest BCUT2D eigenvalue weighted by Crippen LogP contribution is 2.27. The van der Waals surface area contributed by atoms with Crippen molar-refractivity contribution in [2.75, 3.05) is 0 Å². The maximum atomic E-state index is 13.7. The molecule has 1 N–H and O–H groups in total. The lowest BCUT2D eigenvalue weighted by Gasteiger charge is -2.15. The molecule has 0 saturated heterocycles. The van der Waals surface area contributed by atoms with E-state index >= 15 is 0 Å². The van der Waals surface area contributed by atoms with Crippen molar-refractivity contribution in [3.8, 4) is 0 Å². The molecule has 0 aliphatic carbocycles. The molecule has 15 heavy (non-hydrogen) atoms. The van der Waals surface area contributed by atoms with Crippen LogP contribution in [0.15, 0.2) is 12.1 Å². The Bertz CT molecular complexity index is 343. The first-order valence-electron chi connectivity index (χ1n) is 5.40. The molecule has 0 heterocycles. The molecule has 0 aliphatic heterocycles. The minimum absolute atomic E-state index is 0.0203. The molecule has 1 aromatic carbocycles. The van der Waals surface area contributed by atoms with Gasteiger partial charge in [0, 0.05) is 0 Å². The van der Waals surface area contributed by atoms with Gasteiger partial charge in [-0.25, -0.2) is 4.39 Å². The molecule has 0 aliphatic rings. The third kappa shape index (κ3) is 2.57. The lowest BCUT2D eigenvalue weighted by molar-refractivity contribution is 0.279. The number of hydrogen-bond acceptors (Lipinski definition) is 1. The van der Waals surface area contributed by atoms with E-state index in [0.29, 0.717) is 5.56 Å². The average molecular weight is 210 g/mol. The van der Waals surface area contributed by atoms with Crippen molar-refractivity contribution >= 4 is 0 Å². The molecule has 0 unspecified atom stereocenters. The zero-order valence-corrected chi connectivity index (χ0v) is 9.84. The molecule has 1 nitrogen and oxygen atoms in total. The summed E-state index contributed by atoms with van der Waals surface area (Å²) >= 11 is 0. The van der Waals surface area contributed by atoms with Crippen LogP contribution in [0.25, 0.3) is 0 Å². The van der Waals surface area contributed by atoms with E-state index in [1.807, 2.05) is 27.7 Å². The second-order valence-electron chi connectivity index (χ2n) is 4.54. The normalized spacial score (nSPS) is 11.5. The summed E-state index contributed by atoms with van der Waals surface area (Å²) in [6, 6.07) is 3.35. The Morgan fingerprint density at radius 2 is 1.60 bits per heavy atom.